The minimum atomic E-state index is 0. The first-order valence-electron chi connectivity index (χ1n) is 10.6. The molecule has 0 atom stereocenters. The number of hydrogen-bond acceptors (Lipinski definition) is 4. The van der Waals surface area contributed by atoms with E-state index in [-0.39, 0.29) is 43.4 Å². The Morgan fingerprint density at radius 2 is 0.971 bits per heavy atom. The monoisotopic (exact) mass is 570 g/mol. The summed E-state index contributed by atoms with van der Waals surface area (Å²) < 4.78 is 0. The summed E-state index contributed by atoms with van der Waals surface area (Å²) >= 11 is 0. The normalized spacial score (nSPS) is 9.63. The van der Waals surface area contributed by atoms with Crippen LogP contribution in [0.4, 0.5) is 0 Å². The number of hydrogen-bond donors (Lipinski definition) is 2. The van der Waals surface area contributed by atoms with Crippen molar-refractivity contribution in [1.29, 1.82) is 0 Å². The van der Waals surface area contributed by atoms with E-state index in [1.165, 1.54) is 34.4 Å². The first-order valence-corrected chi connectivity index (χ1v) is 10.6. The fraction of sp³-hybridized carbons (Fsp3) is 0.0345. The van der Waals surface area contributed by atoms with Crippen molar-refractivity contribution in [2.45, 2.75) is 6.92 Å². The molecule has 2 heterocycles. The minimum absolute atomic E-state index is 0. The van der Waals surface area contributed by atoms with Crippen LogP contribution in [0.15, 0.2) is 115 Å². The molecule has 0 aliphatic heterocycles. The largest absolute Gasteiger partial charge is 3.00 e. The minimum Gasteiger partial charge on any atom is -0.506 e. The first kappa shape index (κ1) is 27.7. The molecule has 0 amide bonds. The van der Waals surface area contributed by atoms with E-state index in [1.54, 1.807) is 18.3 Å². The van der Waals surface area contributed by atoms with E-state index in [4.69, 9.17) is 0 Å². The van der Waals surface area contributed by atoms with Gasteiger partial charge >= 0.3 is 19.5 Å². The van der Waals surface area contributed by atoms with Crippen molar-refractivity contribution in [3.8, 4) is 45.1 Å². The number of pyridine rings is 2. The Labute approximate surface area is 224 Å². The third-order valence-corrected chi connectivity index (χ3v) is 5.12. The Balaban J connectivity index is 0.000000237. The number of nitrogens with zero attached hydrogens (tertiary/aromatic N) is 2. The Morgan fingerprint density at radius 1 is 0.514 bits per heavy atom. The zero-order chi connectivity index (χ0) is 23.0. The molecule has 5 aromatic rings. The standard InChI is InChI=1S/C18H14.C11H10N2O2.ClH.Ru/c1-3-7-15(8-4-1)17-11-13-18(14-12-17)16-9-5-2-6-10-16;1-7-4-5-9(15)11(13-7)10-8(14)3-2-6-12-10;;/h1-14H;2-6,14-15H,1H3;1H;/q;;;+3. The molecule has 0 unspecified atom stereocenters. The van der Waals surface area contributed by atoms with Crippen LogP contribution in [0, 0.1) is 6.92 Å². The van der Waals surface area contributed by atoms with Gasteiger partial charge in [-0.1, -0.05) is 84.9 Å². The van der Waals surface area contributed by atoms with Crippen LogP contribution < -0.4 is 0 Å². The number of benzene rings is 3. The summed E-state index contributed by atoms with van der Waals surface area (Å²) in [6.07, 6.45) is 1.54. The average molecular weight is 570 g/mol. The SMILES string of the molecule is Cc1ccc(O)c(-c2ncccc2O)n1.Cl.[Ru+3].c1ccc(-c2ccc(-c3ccccc3)cc2)cc1. The molecule has 0 aliphatic carbocycles. The van der Waals surface area contributed by atoms with Gasteiger partial charge in [-0.2, -0.15) is 0 Å². The van der Waals surface area contributed by atoms with Gasteiger partial charge in [0.25, 0.3) is 0 Å². The maximum atomic E-state index is 9.60. The van der Waals surface area contributed by atoms with Gasteiger partial charge in [0.2, 0.25) is 0 Å². The van der Waals surface area contributed by atoms with Crippen LogP contribution in [0.2, 0.25) is 0 Å². The molecular formula is C29H25ClN2O2Ru+3. The molecule has 4 nitrogen and oxygen atoms in total. The van der Waals surface area contributed by atoms with Gasteiger partial charge in [0.15, 0.2) is 0 Å². The van der Waals surface area contributed by atoms with Gasteiger partial charge in [-0.05, 0) is 53.4 Å². The third-order valence-electron chi connectivity index (χ3n) is 5.12. The topological polar surface area (TPSA) is 66.2 Å². The molecule has 6 heteroatoms. The summed E-state index contributed by atoms with van der Waals surface area (Å²) in [5, 5.41) is 19.2. The third kappa shape index (κ3) is 7.23. The number of rotatable bonds is 3. The van der Waals surface area contributed by atoms with Crippen molar-refractivity contribution in [2.75, 3.05) is 0 Å². The molecule has 0 saturated heterocycles. The molecule has 2 N–H and O–H groups in total. The van der Waals surface area contributed by atoms with E-state index in [0.29, 0.717) is 11.4 Å². The van der Waals surface area contributed by atoms with E-state index in [9.17, 15) is 10.2 Å². The van der Waals surface area contributed by atoms with Crippen molar-refractivity contribution in [3.05, 3.63) is 121 Å². The smallest absolute Gasteiger partial charge is 0.506 e. The first-order chi connectivity index (χ1) is 16.1. The van der Waals surface area contributed by atoms with Gasteiger partial charge in [-0.25, -0.2) is 4.98 Å². The molecule has 2 aromatic heterocycles. The second-order valence-electron chi connectivity index (χ2n) is 7.50. The maximum Gasteiger partial charge on any atom is 3.00 e. The number of aromatic hydroxyl groups is 2. The van der Waals surface area contributed by atoms with Gasteiger partial charge in [-0.3, -0.25) is 4.98 Å². The molecule has 1 radical (unpaired) electrons. The fourth-order valence-corrected chi connectivity index (χ4v) is 3.42. The Kier molecular flexibility index (Phi) is 10.6. The molecule has 0 bridgehead atoms. The van der Waals surface area contributed by atoms with Crippen molar-refractivity contribution in [3.63, 3.8) is 0 Å². The summed E-state index contributed by atoms with van der Waals surface area (Å²) in [5.41, 5.74) is 6.39. The second-order valence-corrected chi connectivity index (χ2v) is 7.50. The van der Waals surface area contributed by atoms with Crippen LogP contribution >= 0.6 is 12.4 Å². The van der Waals surface area contributed by atoms with Gasteiger partial charge in [-0.15, -0.1) is 12.4 Å². The number of halogens is 1. The van der Waals surface area contributed by atoms with Crippen LogP contribution in [0.25, 0.3) is 33.6 Å². The average Bonchev–Trinajstić information content (AvgIpc) is 2.88. The molecule has 3 aromatic carbocycles. The van der Waals surface area contributed by atoms with Crippen LogP contribution in [0.5, 0.6) is 11.5 Å². The Morgan fingerprint density at radius 3 is 1.46 bits per heavy atom. The van der Waals surface area contributed by atoms with Crippen LogP contribution in [0.1, 0.15) is 5.69 Å². The van der Waals surface area contributed by atoms with Crippen LogP contribution in [0.3, 0.4) is 0 Å². The van der Waals surface area contributed by atoms with Crippen molar-refractivity contribution in [2.24, 2.45) is 0 Å². The molecular weight excluding hydrogens is 545 g/mol. The van der Waals surface area contributed by atoms with Gasteiger partial charge < -0.3 is 10.2 Å². The van der Waals surface area contributed by atoms with E-state index >= 15 is 0 Å². The van der Waals surface area contributed by atoms with E-state index < -0.39 is 0 Å². The molecule has 0 aliphatic rings. The molecule has 0 fully saturated rings. The summed E-state index contributed by atoms with van der Waals surface area (Å²) in [4.78, 5) is 8.11. The second kappa shape index (κ2) is 13.4. The van der Waals surface area contributed by atoms with Gasteiger partial charge in [0.05, 0.1) is 0 Å². The summed E-state index contributed by atoms with van der Waals surface area (Å²) in [7, 11) is 0. The molecule has 0 spiro atoms. The molecule has 35 heavy (non-hydrogen) atoms. The zero-order valence-electron chi connectivity index (χ0n) is 19.0. The van der Waals surface area contributed by atoms with Gasteiger partial charge in [0.1, 0.15) is 22.9 Å². The Bertz CT molecular complexity index is 1270. The van der Waals surface area contributed by atoms with E-state index in [1.807, 2.05) is 19.1 Å². The van der Waals surface area contributed by atoms with Crippen LogP contribution in [-0.4, -0.2) is 20.2 Å². The van der Waals surface area contributed by atoms with Crippen molar-refractivity contribution in [1.82, 2.24) is 9.97 Å². The molecule has 175 valence electrons. The zero-order valence-corrected chi connectivity index (χ0v) is 21.6. The van der Waals surface area contributed by atoms with Crippen molar-refractivity contribution >= 4 is 12.4 Å². The number of aromatic nitrogens is 2. The van der Waals surface area contributed by atoms with Gasteiger partial charge in [0, 0.05) is 11.9 Å². The van der Waals surface area contributed by atoms with Crippen molar-refractivity contribution < 1.29 is 29.7 Å². The Hall–Kier alpha value is -3.53. The predicted octanol–water partition coefficient (Wildman–Crippen LogP) is 7.30. The summed E-state index contributed by atoms with van der Waals surface area (Å²) in [5.74, 6) is 0.0144. The number of aryl methyl sites for hydroxylation is 1. The maximum absolute atomic E-state index is 9.60. The predicted molar refractivity (Wildman–Crippen MR) is 140 cm³/mol. The molecule has 0 saturated carbocycles. The fourth-order valence-electron chi connectivity index (χ4n) is 3.42. The van der Waals surface area contributed by atoms with Crippen LogP contribution in [-0.2, 0) is 19.5 Å². The molecule has 5 rings (SSSR count). The van der Waals surface area contributed by atoms with E-state index in [0.717, 1.165) is 5.69 Å². The summed E-state index contributed by atoms with van der Waals surface area (Å²) in [6, 6.07) is 36.0. The summed E-state index contributed by atoms with van der Waals surface area (Å²) in [6.45, 7) is 1.81. The quantitative estimate of drug-likeness (QED) is 0.224. The van der Waals surface area contributed by atoms with E-state index in [2.05, 4.69) is 82.8 Å².